The summed E-state index contributed by atoms with van der Waals surface area (Å²) < 4.78 is 36.0. The molecule has 0 saturated heterocycles. The average Bonchev–Trinajstić information content (AvgIpc) is 2.69. The standard InChI is InChI=1S/C21H30N2O8S/c1-13(23-20(27)31-21(3,4)5)18(25)16(12-17(24)22-14(2)19(26)30-6)32(28,29)15-10-8-7-9-11-15/h7-11,13-14,16H,12H2,1-6H3,(H,22,24)(H,23,27)/t13-,14-,16?/m0/s1. The molecule has 0 aliphatic heterocycles. The maximum atomic E-state index is 13.2. The number of sulfone groups is 1. The van der Waals surface area contributed by atoms with Crippen molar-refractivity contribution in [2.45, 2.75) is 68.9 Å². The molecule has 0 saturated carbocycles. The van der Waals surface area contributed by atoms with Gasteiger partial charge in [0.15, 0.2) is 15.6 Å². The van der Waals surface area contributed by atoms with E-state index in [0.29, 0.717) is 0 Å². The van der Waals surface area contributed by atoms with Crippen LogP contribution < -0.4 is 10.6 Å². The number of alkyl carbamates (subject to hydrolysis) is 1. The fraction of sp³-hybridized carbons (Fsp3) is 0.524. The molecule has 0 aliphatic carbocycles. The summed E-state index contributed by atoms with van der Waals surface area (Å²) in [6, 6.07) is 4.87. The summed E-state index contributed by atoms with van der Waals surface area (Å²) in [4.78, 5) is 48.9. The lowest BCUT2D eigenvalue weighted by molar-refractivity contribution is -0.144. The lowest BCUT2D eigenvalue weighted by Gasteiger charge is -2.24. The van der Waals surface area contributed by atoms with Crippen molar-refractivity contribution in [1.29, 1.82) is 0 Å². The number of benzene rings is 1. The summed E-state index contributed by atoms with van der Waals surface area (Å²) in [5.74, 6) is -2.47. The van der Waals surface area contributed by atoms with E-state index < -0.39 is 62.9 Å². The minimum atomic E-state index is -4.29. The number of hydrogen-bond donors (Lipinski definition) is 2. The third-order valence-corrected chi connectivity index (χ3v) is 6.30. The Morgan fingerprint density at radius 1 is 0.969 bits per heavy atom. The van der Waals surface area contributed by atoms with Gasteiger partial charge < -0.3 is 20.1 Å². The second kappa shape index (κ2) is 11.1. The van der Waals surface area contributed by atoms with Crippen LogP contribution in [-0.2, 0) is 33.7 Å². The van der Waals surface area contributed by atoms with Crippen molar-refractivity contribution in [2.24, 2.45) is 0 Å². The third kappa shape index (κ3) is 7.95. The average molecular weight is 471 g/mol. The topological polar surface area (TPSA) is 145 Å². The molecule has 178 valence electrons. The number of amides is 2. The smallest absolute Gasteiger partial charge is 0.408 e. The molecular weight excluding hydrogens is 440 g/mol. The summed E-state index contributed by atoms with van der Waals surface area (Å²) in [6.07, 6.45) is -1.66. The van der Waals surface area contributed by atoms with E-state index in [1.807, 2.05) is 0 Å². The van der Waals surface area contributed by atoms with E-state index in [9.17, 15) is 27.6 Å². The van der Waals surface area contributed by atoms with E-state index in [0.717, 1.165) is 7.11 Å². The number of methoxy groups -OCH3 is 1. The van der Waals surface area contributed by atoms with Gasteiger partial charge in [0.25, 0.3) is 0 Å². The van der Waals surface area contributed by atoms with Crippen LogP contribution in [0.4, 0.5) is 4.79 Å². The third-order valence-electron chi connectivity index (χ3n) is 4.23. The molecule has 3 atom stereocenters. The molecule has 11 heteroatoms. The molecule has 0 bridgehead atoms. The molecule has 0 radical (unpaired) electrons. The molecular formula is C21H30N2O8S. The fourth-order valence-corrected chi connectivity index (χ4v) is 4.42. The van der Waals surface area contributed by atoms with E-state index in [1.54, 1.807) is 26.8 Å². The predicted octanol–water partition coefficient (Wildman–Crippen LogP) is 1.38. The minimum absolute atomic E-state index is 0.156. The van der Waals surface area contributed by atoms with Crippen LogP contribution >= 0.6 is 0 Å². The van der Waals surface area contributed by atoms with Gasteiger partial charge in [0.1, 0.15) is 16.9 Å². The first-order valence-electron chi connectivity index (χ1n) is 9.88. The molecule has 2 N–H and O–H groups in total. The zero-order chi connectivity index (χ0) is 24.7. The maximum Gasteiger partial charge on any atom is 0.408 e. The molecule has 10 nitrogen and oxygen atoms in total. The molecule has 0 aliphatic rings. The highest BCUT2D eigenvalue weighted by Gasteiger charge is 2.39. The molecule has 0 fully saturated rings. The van der Waals surface area contributed by atoms with Gasteiger partial charge in [0.05, 0.1) is 24.5 Å². The largest absolute Gasteiger partial charge is 0.467 e. The second-order valence-electron chi connectivity index (χ2n) is 8.13. The van der Waals surface area contributed by atoms with Crippen LogP contribution in [0.5, 0.6) is 0 Å². The SMILES string of the molecule is COC(=O)[C@H](C)NC(=O)CC(C(=O)[C@H](C)NC(=O)OC(C)(C)C)S(=O)(=O)c1ccccc1. The van der Waals surface area contributed by atoms with Gasteiger partial charge in [-0.2, -0.15) is 0 Å². The van der Waals surface area contributed by atoms with E-state index in [-0.39, 0.29) is 4.90 Å². The van der Waals surface area contributed by atoms with Gasteiger partial charge in [0, 0.05) is 0 Å². The Hall–Kier alpha value is -2.95. The number of carbonyl (C=O) groups is 4. The molecule has 0 spiro atoms. The lowest BCUT2D eigenvalue weighted by Crippen LogP contribution is -2.49. The Labute approximate surface area is 188 Å². The van der Waals surface area contributed by atoms with Gasteiger partial charge in [-0.05, 0) is 46.8 Å². The number of Topliss-reactive ketones (excluding diaryl/α,β-unsaturated/α-hetero) is 1. The zero-order valence-corrected chi connectivity index (χ0v) is 19.8. The summed E-state index contributed by atoms with van der Waals surface area (Å²) in [5.41, 5.74) is -0.827. The second-order valence-corrected chi connectivity index (χ2v) is 10.3. The summed E-state index contributed by atoms with van der Waals surface area (Å²) in [7, 11) is -3.15. The van der Waals surface area contributed by atoms with E-state index in [1.165, 1.54) is 38.1 Å². The minimum Gasteiger partial charge on any atom is -0.467 e. The van der Waals surface area contributed by atoms with Crippen molar-refractivity contribution in [2.75, 3.05) is 7.11 Å². The van der Waals surface area contributed by atoms with E-state index in [2.05, 4.69) is 15.4 Å². The monoisotopic (exact) mass is 470 g/mol. The number of ether oxygens (including phenoxy) is 2. The Morgan fingerprint density at radius 3 is 2.03 bits per heavy atom. The molecule has 0 heterocycles. The van der Waals surface area contributed by atoms with Crippen LogP contribution in [0.15, 0.2) is 35.2 Å². The normalized spacial score (nSPS) is 14.4. The van der Waals surface area contributed by atoms with Crippen LogP contribution in [0.2, 0.25) is 0 Å². The summed E-state index contributed by atoms with van der Waals surface area (Å²) >= 11 is 0. The van der Waals surface area contributed by atoms with Gasteiger partial charge in [0.2, 0.25) is 5.91 Å². The van der Waals surface area contributed by atoms with Crippen LogP contribution in [0, 0.1) is 0 Å². The van der Waals surface area contributed by atoms with Crippen LogP contribution in [0.3, 0.4) is 0 Å². The molecule has 1 unspecified atom stereocenters. The zero-order valence-electron chi connectivity index (χ0n) is 19.0. The van der Waals surface area contributed by atoms with Gasteiger partial charge in [-0.1, -0.05) is 18.2 Å². The van der Waals surface area contributed by atoms with E-state index >= 15 is 0 Å². The Bertz CT molecular complexity index is 938. The summed E-state index contributed by atoms with van der Waals surface area (Å²) in [6.45, 7) is 7.56. The summed E-state index contributed by atoms with van der Waals surface area (Å²) in [5, 5.41) is 2.80. The number of nitrogens with one attached hydrogen (secondary N) is 2. The van der Waals surface area contributed by atoms with Gasteiger partial charge >= 0.3 is 12.1 Å². The molecule has 32 heavy (non-hydrogen) atoms. The number of rotatable bonds is 9. The quantitative estimate of drug-likeness (QED) is 0.515. The van der Waals surface area contributed by atoms with Crippen LogP contribution in [0.25, 0.3) is 0 Å². The van der Waals surface area contributed by atoms with Crippen molar-refractivity contribution in [3.8, 4) is 0 Å². The van der Waals surface area contributed by atoms with Crippen molar-refractivity contribution < 1.29 is 37.1 Å². The van der Waals surface area contributed by atoms with Crippen molar-refractivity contribution in [3.05, 3.63) is 30.3 Å². The van der Waals surface area contributed by atoms with Gasteiger partial charge in [-0.15, -0.1) is 0 Å². The first-order valence-corrected chi connectivity index (χ1v) is 11.4. The molecule has 1 aromatic rings. The Morgan fingerprint density at radius 2 is 1.53 bits per heavy atom. The molecule has 2 amide bonds. The van der Waals surface area contributed by atoms with E-state index in [4.69, 9.17) is 4.74 Å². The van der Waals surface area contributed by atoms with Crippen molar-refractivity contribution >= 4 is 33.6 Å². The highest BCUT2D eigenvalue weighted by Crippen LogP contribution is 2.21. The fourth-order valence-electron chi connectivity index (χ4n) is 2.68. The predicted molar refractivity (Wildman–Crippen MR) is 115 cm³/mol. The number of esters is 1. The number of ketones is 1. The molecule has 1 aromatic carbocycles. The highest BCUT2D eigenvalue weighted by molar-refractivity contribution is 7.92. The first kappa shape index (κ1) is 27.1. The Kier molecular flexibility index (Phi) is 9.37. The highest BCUT2D eigenvalue weighted by atomic mass is 32.2. The van der Waals surface area contributed by atoms with Crippen molar-refractivity contribution in [3.63, 3.8) is 0 Å². The van der Waals surface area contributed by atoms with Gasteiger partial charge in [-0.25, -0.2) is 18.0 Å². The number of carbonyl (C=O) groups excluding carboxylic acids is 4. The number of hydrogen-bond acceptors (Lipinski definition) is 8. The molecule has 1 rings (SSSR count). The van der Waals surface area contributed by atoms with Crippen LogP contribution in [-0.4, -0.2) is 62.2 Å². The lowest BCUT2D eigenvalue weighted by atomic mass is 10.1. The molecule has 0 aromatic heterocycles. The van der Waals surface area contributed by atoms with Gasteiger partial charge in [-0.3, -0.25) is 9.59 Å². The maximum absolute atomic E-state index is 13.2. The van der Waals surface area contributed by atoms with Crippen molar-refractivity contribution in [1.82, 2.24) is 10.6 Å². The first-order chi connectivity index (χ1) is 14.7. The van der Waals surface area contributed by atoms with Crippen LogP contribution in [0.1, 0.15) is 41.0 Å². The Balaban J connectivity index is 3.17.